The van der Waals surface area contributed by atoms with Crippen LogP contribution in [0.4, 0.5) is 50.9 Å². The minimum Gasteiger partial charge on any atom is -0.481 e. The molecule has 1 atom stereocenters. The van der Waals surface area contributed by atoms with Crippen molar-refractivity contribution in [1.29, 1.82) is 0 Å². The van der Waals surface area contributed by atoms with E-state index < -0.39 is 57.8 Å². The van der Waals surface area contributed by atoms with Gasteiger partial charge in [0.2, 0.25) is 0 Å². The van der Waals surface area contributed by atoms with Crippen LogP contribution in [0.5, 0.6) is 0 Å². The number of nitrogens with one attached hydrogen (secondary N) is 1. The number of aliphatic carboxylic acids is 1. The molecule has 0 aliphatic carbocycles. The lowest BCUT2D eigenvalue weighted by Gasteiger charge is -2.21. The van der Waals surface area contributed by atoms with Crippen LogP contribution in [-0.4, -0.2) is 11.1 Å². The summed E-state index contributed by atoms with van der Waals surface area (Å²) in [5.74, 6) is -2.70. The Bertz CT molecular complexity index is 1400. The number of benzene rings is 3. The predicted molar refractivity (Wildman–Crippen MR) is 131 cm³/mol. The fourth-order valence-corrected chi connectivity index (χ4v) is 4.32. The minimum absolute atomic E-state index is 0.0187. The molecule has 3 rings (SSSR count). The van der Waals surface area contributed by atoms with Crippen LogP contribution in [0, 0.1) is 5.92 Å². The number of carbonyl (C=O) groups is 1. The molecule has 0 aliphatic rings. The molecule has 0 aliphatic heterocycles. The van der Waals surface area contributed by atoms with Gasteiger partial charge in [-0.05, 0) is 71.5 Å². The van der Waals surface area contributed by atoms with Crippen molar-refractivity contribution < 1.29 is 49.4 Å². The Kier molecular flexibility index (Phi) is 8.73. The van der Waals surface area contributed by atoms with Crippen molar-refractivity contribution in [2.24, 2.45) is 5.92 Å². The summed E-state index contributed by atoms with van der Waals surface area (Å²) in [6.07, 6.45) is -14.8. The van der Waals surface area contributed by atoms with Gasteiger partial charge in [0.1, 0.15) is 0 Å². The zero-order valence-corrected chi connectivity index (χ0v) is 21.4. The molecule has 0 saturated heterocycles. The molecular weight excluding hydrogens is 577 g/mol. The van der Waals surface area contributed by atoms with E-state index in [4.69, 9.17) is 11.6 Å². The van der Waals surface area contributed by atoms with Crippen molar-refractivity contribution in [3.8, 4) is 11.1 Å². The average molecular weight is 598 g/mol. The van der Waals surface area contributed by atoms with Crippen LogP contribution in [0.15, 0.2) is 54.6 Å². The molecule has 0 amide bonds. The summed E-state index contributed by atoms with van der Waals surface area (Å²) in [5, 5.41) is 11.5. The van der Waals surface area contributed by atoms with E-state index in [-0.39, 0.29) is 52.9 Å². The molecule has 0 radical (unpaired) electrons. The van der Waals surface area contributed by atoms with Crippen molar-refractivity contribution in [3.05, 3.63) is 81.9 Å². The van der Waals surface area contributed by atoms with Crippen LogP contribution in [0.2, 0.25) is 5.02 Å². The summed E-state index contributed by atoms with van der Waals surface area (Å²) in [4.78, 5) is 12.1. The van der Waals surface area contributed by atoms with E-state index in [1.165, 1.54) is 12.1 Å². The second-order valence-electron chi connectivity index (χ2n) is 9.44. The quantitative estimate of drug-likeness (QED) is 0.267. The number of alkyl halides is 9. The summed E-state index contributed by atoms with van der Waals surface area (Å²) in [5.41, 5.74) is -5.38. The van der Waals surface area contributed by atoms with Gasteiger partial charge in [0, 0.05) is 5.69 Å². The molecule has 3 aromatic carbocycles. The van der Waals surface area contributed by atoms with E-state index in [0.717, 1.165) is 18.2 Å². The Hall–Kier alpha value is -3.41. The maximum absolute atomic E-state index is 13.7. The smallest absolute Gasteiger partial charge is 0.418 e. The van der Waals surface area contributed by atoms with Crippen molar-refractivity contribution in [3.63, 3.8) is 0 Å². The number of anilines is 2. The fraction of sp³-hybridized carbons (Fsp3) is 0.296. The van der Waals surface area contributed by atoms with E-state index in [1.54, 1.807) is 13.8 Å². The van der Waals surface area contributed by atoms with E-state index in [9.17, 15) is 49.4 Å². The Morgan fingerprint density at radius 1 is 0.800 bits per heavy atom. The van der Waals surface area contributed by atoms with Crippen molar-refractivity contribution >= 4 is 28.9 Å². The molecule has 0 heterocycles. The Morgan fingerprint density at radius 3 is 1.95 bits per heavy atom. The SMILES string of the molecule is CC(C)CC(C(=O)O)c1cc(Nc2cc(C(F)(F)F)ccc2C(F)(F)F)cc(-c2ccc(Cl)c(C(F)(F)F)c2)c1. The first-order valence-corrected chi connectivity index (χ1v) is 12.0. The van der Waals surface area contributed by atoms with Gasteiger partial charge in [-0.15, -0.1) is 0 Å². The molecule has 0 fully saturated rings. The molecular formula is C27H21ClF9NO2. The molecule has 2 N–H and O–H groups in total. The van der Waals surface area contributed by atoms with Gasteiger partial charge in [-0.1, -0.05) is 37.6 Å². The van der Waals surface area contributed by atoms with E-state index in [0.29, 0.717) is 6.07 Å². The molecule has 0 spiro atoms. The highest BCUT2D eigenvalue weighted by molar-refractivity contribution is 6.31. The standard InChI is InChI=1S/C27H21ClF9NO2/c1-13(2)7-19(24(39)40)16-8-15(14-3-6-22(28)21(11-14)27(35,36)37)9-18(10-16)38-23-12-17(25(29,30)31)4-5-20(23)26(32,33)34/h3-6,8-13,19,38H,7H2,1-2H3,(H,39,40). The molecule has 0 aromatic heterocycles. The summed E-state index contributed by atoms with van der Waals surface area (Å²) in [6, 6.07) is 7.15. The maximum atomic E-state index is 13.7. The van der Waals surface area contributed by atoms with Crippen LogP contribution in [0.3, 0.4) is 0 Å². The van der Waals surface area contributed by atoms with Gasteiger partial charge < -0.3 is 10.4 Å². The largest absolute Gasteiger partial charge is 0.481 e. The van der Waals surface area contributed by atoms with Gasteiger partial charge in [0.05, 0.1) is 33.3 Å². The van der Waals surface area contributed by atoms with Crippen molar-refractivity contribution in [2.75, 3.05) is 5.32 Å². The first kappa shape index (κ1) is 31.1. The lowest BCUT2D eigenvalue weighted by Crippen LogP contribution is -2.15. The third-order valence-corrected chi connectivity index (χ3v) is 6.23. The zero-order chi connectivity index (χ0) is 30.2. The Balaban J connectivity index is 2.27. The van der Waals surface area contributed by atoms with Gasteiger partial charge in [0.15, 0.2) is 0 Å². The van der Waals surface area contributed by atoms with Gasteiger partial charge in [-0.25, -0.2) is 0 Å². The topological polar surface area (TPSA) is 49.3 Å². The van der Waals surface area contributed by atoms with Gasteiger partial charge >= 0.3 is 24.5 Å². The van der Waals surface area contributed by atoms with Crippen molar-refractivity contribution in [1.82, 2.24) is 0 Å². The van der Waals surface area contributed by atoms with Crippen LogP contribution in [0.1, 0.15) is 48.4 Å². The minimum atomic E-state index is -5.06. The zero-order valence-electron chi connectivity index (χ0n) is 20.7. The highest BCUT2D eigenvalue weighted by atomic mass is 35.5. The molecule has 1 unspecified atom stereocenters. The number of hydrogen-bond donors (Lipinski definition) is 2. The van der Waals surface area contributed by atoms with Gasteiger partial charge in [-0.3, -0.25) is 4.79 Å². The fourth-order valence-electron chi connectivity index (χ4n) is 4.09. The molecule has 3 nitrogen and oxygen atoms in total. The molecule has 0 saturated carbocycles. The van der Waals surface area contributed by atoms with Crippen LogP contribution < -0.4 is 5.32 Å². The Morgan fingerprint density at radius 2 is 1.43 bits per heavy atom. The maximum Gasteiger partial charge on any atom is 0.418 e. The Labute approximate surface area is 227 Å². The number of rotatable bonds is 7. The number of carboxylic acids is 1. The summed E-state index contributed by atoms with van der Waals surface area (Å²) in [7, 11) is 0. The van der Waals surface area contributed by atoms with E-state index in [2.05, 4.69) is 5.32 Å². The van der Waals surface area contributed by atoms with Crippen molar-refractivity contribution in [2.45, 2.75) is 44.7 Å². The highest BCUT2D eigenvalue weighted by Gasteiger charge is 2.37. The number of halogens is 10. The normalized spacial score (nSPS) is 13.4. The molecule has 216 valence electrons. The second-order valence-corrected chi connectivity index (χ2v) is 9.84. The van der Waals surface area contributed by atoms with E-state index >= 15 is 0 Å². The van der Waals surface area contributed by atoms with Gasteiger partial charge in [0.25, 0.3) is 0 Å². The lowest BCUT2D eigenvalue weighted by molar-refractivity contribution is -0.140. The molecule has 3 aromatic rings. The third-order valence-electron chi connectivity index (χ3n) is 5.90. The van der Waals surface area contributed by atoms with Crippen LogP contribution >= 0.6 is 11.6 Å². The predicted octanol–water partition coefficient (Wildman–Crippen LogP) is 10.0. The first-order valence-electron chi connectivity index (χ1n) is 11.6. The van der Waals surface area contributed by atoms with Crippen LogP contribution in [0.25, 0.3) is 11.1 Å². The lowest BCUT2D eigenvalue weighted by atomic mass is 9.88. The molecule has 0 bridgehead atoms. The van der Waals surface area contributed by atoms with Crippen LogP contribution in [-0.2, 0) is 23.3 Å². The van der Waals surface area contributed by atoms with E-state index in [1.807, 2.05) is 0 Å². The van der Waals surface area contributed by atoms with Gasteiger partial charge in [-0.2, -0.15) is 39.5 Å². The second kappa shape index (κ2) is 11.2. The highest BCUT2D eigenvalue weighted by Crippen LogP contribution is 2.42. The number of carboxylic acid groups (broad SMARTS) is 1. The summed E-state index contributed by atoms with van der Waals surface area (Å²) < 4.78 is 121. The number of hydrogen-bond acceptors (Lipinski definition) is 2. The molecule has 40 heavy (non-hydrogen) atoms. The monoisotopic (exact) mass is 597 g/mol. The third kappa shape index (κ3) is 7.41. The summed E-state index contributed by atoms with van der Waals surface area (Å²) >= 11 is 5.69. The average Bonchev–Trinajstić information content (AvgIpc) is 2.80. The molecule has 13 heteroatoms. The summed E-state index contributed by atoms with van der Waals surface area (Å²) in [6.45, 7) is 3.43. The first-order chi connectivity index (χ1) is 18.3.